The molecule has 0 bridgehead atoms. The van der Waals surface area contributed by atoms with Crippen LogP contribution in [0.4, 0.5) is 0 Å². The summed E-state index contributed by atoms with van der Waals surface area (Å²) in [7, 11) is 0. The second-order valence-corrected chi connectivity index (χ2v) is 4.23. The van der Waals surface area contributed by atoms with Gasteiger partial charge in [-0.2, -0.15) is 5.26 Å². The van der Waals surface area contributed by atoms with Crippen LogP contribution < -0.4 is 4.74 Å². The van der Waals surface area contributed by atoms with Crippen molar-refractivity contribution >= 4 is 37.8 Å². The third-order valence-corrected chi connectivity index (χ3v) is 2.70. The van der Waals surface area contributed by atoms with E-state index in [1.54, 1.807) is 0 Å². The summed E-state index contributed by atoms with van der Waals surface area (Å²) in [5.41, 5.74) is 0.137. The van der Waals surface area contributed by atoms with Gasteiger partial charge in [0, 0.05) is 0 Å². The highest BCUT2D eigenvalue weighted by atomic mass is 79.9. The van der Waals surface area contributed by atoms with Crippen molar-refractivity contribution in [3.8, 4) is 11.8 Å². The number of carboxylic acid groups (broad SMARTS) is 1. The van der Waals surface area contributed by atoms with Crippen LogP contribution in [0.25, 0.3) is 0 Å². The predicted molar refractivity (Wildman–Crippen MR) is 59.9 cm³/mol. The summed E-state index contributed by atoms with van der Waals surface area (Å²) in [6.07, 6.45) is 0. The maximum atomic E-state index is 10.7. The molecule has 0 fully saturated rings. The Morgan fingerprint density at radius 2 is 2.00 bits per heavy atom. The largest absolute Gasteiger partial charge is 0.478 e. The average Bonchev–Trinajstić information content (AvgIpc) is 2.16. The maximum absolute atomic E-state index is 10.7. The molecule has 1 aromatic rings. The lowest BCUT2D eigenvalue weighted by atomic mass is 10.2. The van der Waals surface area contributed by atoms with Crippen LogP contribution in [0.2, 0.25) is 0 Å². The molecule has 0 aliphatic rings. The number of hydrogen-bond donors (Lipinski definition) is 1. The average molecular weight is 335 g/mol. The van der Waals surface area contributed by atoms with Gasteiger partial charge < -0.3 is 9.84 Å². The fraction of sp³-hybridized carbons (Fsp3) is 0.111. The Bertz CT molecular complexity index is 416. The second-order valence-electron chi connectivity index (χ2n) is 2.52. The first-order valence-corrected chi connectivity index (χ1v) is 5.37. The number of hydrogen-bond acceptors (Lipinski definition) is 3. The van der Waals surface area contributed by atoms with Crippen LogP contribution in [0, 0.1) is 11.3 Å². The molecule has 0 radical (unpaired) electrons. The monoisotopic (exact) mass is 333 g/mol. The zero-order valence-corrected chi connectivity index (χ0v) is 10.5. The number of carbonyl (C=O) groups is 1. The Morgan fingerprint density at radius 3 is 2.40 bits per heavy atom. The molecule has 0 aliphatic heterocycles. The molecule has 15 heavy (non-hydrogen) atoms. The molecular formula is C9H5Br2NO3. The highest BCUT2D eigenvalue weighted by Gasteiger charge is 2.12. The van der Waals surface area contributed by atoms with Crippen LogP contribution in [0.1, 0.15) is 10.4 Å². The number of benzene rings is 1. The number of halogens is 2. The quantitative estimate of drug-likeness (QED) is 0.922. The van der Waals surface area contributed by atoms with Crippen molar-refractivity contribution in [3.63, 3.8) is 0 Å². The molecular weight excluding hydrogens is 330 g/mol. The normalized spacial score (nSPS) is 9.40. The first kappa shape index (κ1) is 12.0. The Kier molecular flexibility index (Phi) is 4.12. The van der Waals surface area contributed by atoms with Gasteiger partial charge in [-0.1, -0.05) is 0 Å². The van der Waals surface area contributed by atoms with Crippen LogP contribution in [0.3, 0.4) is 0 Å². The van der Waals surface area contributed by atoms with Crippen LogP contribution in [0.5, 0.6) is 5.75 Å². The molecule has 0 aromatic heterocycles. The number of nitriles is 1. The molecule has 0 saturated heterocycles. The number of ether oxygens (including phenoxy) is 1. The van der Waals surface area contributed by atoms with Crippen LogP contribution in [-0.2, 0) is 0 Å². The van der Waals surface area contributed by atoms with Gasteiger partial charge in [-0.25, -0.2) is 4.79 Å². The maximum Gasteiger partial charge on any atom is 0.335 e. The van der Waals surface area contributed by atoms with Gasteiger partial charge in [-0.3, -0.25) is 0 Å². The van der Waals surface area contributed by atoms with E-state index in [9.17, 15) is 4.79 Å². The Morgan fingerprint density at radius 1 is 1.47 bits per heavy atom. The third-order valence-electron chi connectivity index (χ3n) is 1.53. The summed E-state index contributed by atoms with van der Waals surface area (Å²) >= 11 is 6.34. The molecule has 0 heterocycles. The number of carboxylic acids is 1. The van der Waals surface area contributed by atoms with Crippen LogP contribution in [-0.4, -0.2) is 17.7 Å². The lowest BCUT2D eigenvalue weighted by molar-refractivity contribution is 0.0696. The minimum atomic E-state index is -1.02. The molecule has 78 valence electrons. The van der Waals surface area contributed by atoms with E-state index in [-0.39, 0.29) is 12.2 Å². The van der Waals surface area contributed by atoms with Gasteiger partial charge in [-0.15, -0.1) is 0 Å². The zero-order valence-electron chi connectivity index (χ0n) is 7.33. The van der Waals surface area contributed by atoms with Crippen LogP contribution >= 0.6 is 31.9 Å². The molecule has 0 amide bonds. The summed E-state index contributed by atoms with van der Waals surface area (Å²) in [5, 5.41) is 17.1. The van der Waals surface area contributed by atoms with Gasteiger partial charge in [0.1, 0.15) is 11.8 Å². The number of rotatable bonds is 3. The van der Waals surface area contributed by atoms with Crippen molar-refractivity contribution in [3.05, 3.63) is 26.6 Å². The van der Waals surface area contributed by atoms with E-state index in [0.717, 1.165) is 0 Å². The Hall–Kier alpha value is -1.06. The van der Waals surface area contributed by atoms with Gasteiger partial charge in [0.25, 0.3) is 0 Å². The SMILES string of the molecule is N#CCOc1c(Br)cc(C(=O)O)cc1Br. The highest BCUT2D eigenvalue weighted by Crippen LogP contribution is 2.34. The number of nitrogens with zero attached hydrogens (tertiary/aromatic N) is 1. The molecule has 4 nitrogen and oxygen atoms in total. The van der Waals surface area contributed by atoms with Gasteiger partial charge in [0.2, 0.25) is 0 Å². The van der Waals surface area contributed by atoms with E-state index in [2.05, 4.69) is 31.9 Å². The fourth-order valence-corrected chi connectivity index (χ4v) is 2.34. The Labute approximate surface area is 103 Å². The molecule has 0 unspecified atom stereocenters. The standard InChI is InChI=1S/C9H5Br2NO3/c10-6-3-5(9(13)14)4-7(11)8(6)15-2-1-12/h3-4H,2H2,(H,13,14). The first-order valence-electron chi connectivity index (χ1n) is 3.78. The molecule has 1 N–H and O–H groups in total. The summed E-state index contributed by atoms with van der Waals surface area (Å²) in [5.74, 6) is -0.607. The van der Waals surface area contributed by atoms with Gasteiger partial charge >= 0.3 is 5.97 Å². The minimum Gasteiger partial charge on any atom is -0.478 e. The number of aromatic carboxylic acids is 1. The molecule has 0 atom stereocenters. The highest BCUT2D eigenvalue weighted by molar-refractivity contribution is 9.11. The molecule has 1 rings (SSSR count). The van der Waals surface area contributed by atoms with Gasteiger partial charge in [-0.05, 0) is 44.0 Å². The summed E-state index contributed by atoms with van der Waals surface area (Å²) in [4.78, 5) is 10.7. The molecule has 1 aromatic carbocycles. The minimum absolute atomic E-state index is 0.0936. The van der Waals surface area contributed by atoms with Crippen LogP contribution in [0.15, 0.2) is 21.1 Å². The van der Waals surface area contributed by atoms with E-state index in [0.29, 0.717) is 14.7 Å². The van der Waals surface area contributed by atoms with E-state index in [1.165, 1.54) is 12.1 Å². The lowest BCUT2D eigenvalue weighted by Gasteiger charge is -2.08. The second kappa shape index (κ2) is 5.14. The van der Waals surface area contributed by atoms with Crippen molar-refractivity contribution in [2.75, 3.05) is 6.61 Å². The molecule has 0 saturated carbocycles. The van der Waals surface area contributed by atoms with Crippen molar-refractivity contribution in [2.24, 2.45) is 0 Å². The van der Waals surface area contributed by atoms with E-state index < -0.39 is 5.97 Å². The lowest BCUT2D eigenvalue weighted by Crippen LogP contribution is -2.00. The fourth-order valence-electron chi connectivity index (χ4n) is 0.926. The van der Waals surface area contributed by atoms with E-state index in [1.807, 2.05) is 6.07 Å². The zero-order chi connectivity index (χ0) is 11.4. The van der Waals surface area contributed by atoms with E-state index >= 15 is 0 Å². The summed E-state index contributed by atoms with van der Waals surface area (Å²) in [6.45, 7) is -0.0936. The molecule has 6 heteroatoms. The molecule has 0 spiro atoms. The first-order chi connectivity index (χ1) is 7.06. The summed E-state index contributed by atoms with van der Waals surface area (Å²) in [6, 6.07) is 4.66. The van der Waals surface area contributed by atoms with Crippen molar-refractivity contribution in [2.45, 2.75) is 0 Å². The Balaban J connectivity index is 3.11. The smallest absolute Gasteiger partial charge is 0.335 e. The van der Waals surface area contributed by atoms with Crippen molar-refractivity contribution in [1.29, 1.82) is 5.26 Å². The molecule has 0 aliphatic carbocycles. The summed E-state index contributed by atoms with van der Waals surface area (Å²) < 4.78 is 6.08. The third kappa shape index (κ3) is 2.94. The van der Waals surface area contributed by atoms with Gasteiger partial charge in [0.05, 0.1) is 14.5 Å². The van der Waals surface area contributed by atoms with Crippen molar-refractivity contribution in [1.82, 2.24) is 0 Å². The van der Waals surface area contributed by atoms with E-state index in [4.69, 9.17) is 15.1 Å². The predicted octanol–water partition coefficient (Wildman–Crippen LogP) is 2.81. The van der Waals surface area contributed by atoms with Crippen molar-refractivity contribution < 1.29 is 14.6 Å². The van der Waals surface area contributed by atoms with Gasteiger partial charge in [0.15, 0.2) is 6.61 Å². The topological polar surface area (TPSA) is 70.3 Å².